The smallest absolute Gasteiger partial charge is 0.351 e. The van der Waals surface area contributed by atoms with Gasteiger partial charge in [-0.1, -0.05) is 34.1 Å². The van der Waals surface area contributed by atoms with Crippen molar-refractivity contribution in [3.8, 4) is 0 Å². The van der Waals surface area contributed by atoms with Gasteiger partial charge in [-0.15, -0.1) is 0 Å². The lowest BCUT2D eigenvalue weighted by atomic mass is 10.1. The van der Waals surface area contributed by atoms with Crippen LogP contribution in [0.4, 0.5) is 5.82 Å². The van der Waals surface area contributed by atoms with Gasteiger partial charge in [0.05, 0.1) is 17.0 Å². The number of ether oxygens (including phenoxy) is 1. The molecule has 0 saturated carbocycles. The van der Waals surface area contributed by atoms with Crippen LogP contribution in [0.1, 0.15) is 18.2 Å². The third kappa shape index (κ3) is 4.75. The number of aliphatic hydroxyl groups excluding tert-OH is 1. The number of rotatable bonds is 5. The van der Waals surface area contributed by atoms with E-state index in [2.05, 4.69) is 42.2 Å². The topological polar surface area (TPSA) is 119 Å². The number of aromatic nitrogens is 2. The Hall–Kier alpha value is -1.75. The predicted molar refractivity (Wildman–Crippen MR) is 106 cm³/mol. The first-order chi connectivity index (χ1) is 12.8. The zero-order chi connectivity index (χ0) is 19.6. The van der Waals surface area contributed by atoms with Gasteiger partial charge in [-0.25, -0.2) is 4.79 Å². The molecular weight excluding hydrogens is 484 g/mol. The summed E-state index contributed by atoms with van der Waals surface area (Å²) in [5.41, 5.74) is 5.89. The third-order valence-electron chi connectivity index (χ3n) is 4.26. The van der Waals surface area contributed by atoms with Crippen LogP contribution in [0.15, 0.2) is 44.2 Å². The number of carbonyl (C=O) groups excluding carboxylic acids is 1. The molecule has 27 heavy (non-hydrogen) atoms. The Morgan fingerprint density at radius 2 is 2.11 bits per heavy atom. The van der Waals surface area contributed by atoms with Crippen molar-refractivity contribution in [2.75, 3.05) is 12.3 Å². The van der Waals surface area contributed by atoms with E-state index in [1.807, 2.05) is 24.3 Å². The molecule has 1 fully saturated rings. The summed E-state index contributed by atoms with van der Waals surface area (Å²) in [4.78, 5) is 27.9. The molecule has 0 bridgehead atoms. The van der Waals surface area contributed by atoms with E-state index >= 15 is 0 Å². The van der Waals surface area contributed by atoms with Gasteiger partial charge < -0.3 is 20.9 Å². The average molecular weight is 502 g/mol. The number of hydrogen-bond donors (Lipinski definition) is 3. The highest BCUT2D eigenvalue weighted by molar-refractivity contribution is 9.10. The minimum atomic E-state index is -0.818. The summed E-state index contributed by atoms with van der Waals surface area (Å²) in [5, 5.41) is 13.0. The van der Waals surface area contributed by atoms with Crippen LogP contribution in [0.2, 0.25) is 0 Å². The fraction of sp³-hybridized carbons (Fsp3) is 0.353. The molecule has 2 aromatic rings. The summed E-state index contributed by atoms with van der Waals surface area (Å²) in [6.07, 6.45) is -0.217. The monoisotopic (exact) mass is 500 g/mol. The molecule has 0 radical (unpaired) electrons. The van der Waals surface area contributed by atoms with Crippen molar-refractivity contribution in [2.45, 2.75) is 31.3 Å². The van der Waals surface area contributed by atoms with Gasteiger partial charge in [-0.3, -0.25) is 9.36 Å². The van der Waals surface area contributed by atoms with E-state index in [4.69, 9.17) is 10.5 Å². The molecule has 0 aliphatic carbocycles. The summed E-state index contributed by atoms with van der Waals surface area (Å²) in [5.74, 6) is -0.0964. The molecule has 1 unspecified atom stereocenters. The van der Waals surface area contributed by atoms with Crippen LogP contribution in [0.25, 0.3) is 0 Å². The number of halogens is 2. The SMILES string of the molecule is Nc1nc(=O)n([C@H]2CC(O)[C@@H](CNC(=O)Cc3ccccc3Br)O2)cc1Br. The Labute approximate surface area is 172 Å². The Kier molecular flexibility index (Phi) is 6.30. The van der Waals surface area contributed by atoms with Crippen LogP contribution in [0, 0.1) is 0 Å². The summed E-state index contributed by atoms with van der Waals surface area (Å²) in [6.45, 7) is 0.138. The van der Waals surface area contributed by atoms with E-state index in [1.165, 1.54) is 10.8 Å². The van der Waals surface area contributed by atoms with Crippen LogP contribution in [0.5, 0.6) is 0 Å². The summed E-state index contributed by atoms with van der Waals surface area (Å²) in [7, 11) is 0. The van der Waals surface area contributed by atoms with E-state index < -0.39 is 24.1 Å². The molecule has 1 aliphatic rings. The lowest BCUT2D eigenvalue weighted by Gasteiger charge is -2.17. The second kappa shape index (κ2) is 8.51. The van der Waals surface area contributed by atoms with E-state index in [9.17, 15) is 14.7 Å². The van der Waals surface area contributed by atoms with Gasteiger partial charge in [0.2, 0.25) is 5.91 Å². The van der Waals surface area contributed by atoms with Gasteiger partial charge in [-0.05, 0) is 27.6 Å². The lowest BCUT2D eigenvalue weighted by molar-refractivity contribution is -0.121. The molecule has 8 nitrogen and oxygen atoms in total. The first-order valence-corrected chi connectivity index (χ1v) is 9.81. The van der Waals surface area contributed by atoms with Crippen LogP contribution < -0.4 is 16.7 Å². The molecule has 4 N–H and O–H groups in total. The number of nitrogens with zero attached hydrogens (tertiary/aromatic N) is 2. The summed E-state index contributed by atoms with van der Waals surface area (Å²) in [6, 6.07) is 7.46. The Morgan fingerprint density at radius 1 is 1.37 bits per heavy atom. The number of hydrogen-bond acceptors (Lipinski definition) is 6. The van der Waals surface area contributed by atoms with Crippen molar-refractivity contribution in [1.82, 2.24) is 14.9 Å². The second-order valence-electron chi connectivity index (χ2n) is 6.17. The van der Waals surface area contributed by atoms with Gasteiger partial charge in [0, 0.05) is 23.6 Å². The summed E-state index contributed by atoms with van der Waals surface area (Å²) < 4.78 is 8.34. The Balaban J connectivity index is 1.59. The van der Waals surface area contributed by atoms with Gasteiger partial charge in [0.25, 0.3) is 0 Å². The standard InChI is InChI=1S/C17H18Br2N4O4/c18-10-4-2-1-3-9(10)5-14(25)21-7-13-12(24)6-15(27-13)23-8-11(19)16(20)22-17(23)26/h1-4,8,12-13,15,24H,5-7H2,(H,21,25)(H2,20,22,26)/t12?,13-,15-/m1/s1. The predicted octanol–water partition coefficient (Wildman–Crippen LogP) is 1.36. The molecule has 1 aliphatic heterocycles. The maximum Gasteiger partial charge on any atom is 0.351 e. The van der Waals surface area contributed by atoms with Crippen LogP contribution in [-0.4, -0.2) is 39.3 Å². The van der Waals surface area contributed by atoms with Crippen LogP contribution >= 0.6 is 31.9 Å². The largest absolute Gasteiger partial charge is 0.390 e. The van der Waals surface area contributed by atoms with Crippen molar-refractivity contribution in [3.63, 3.8) is 0 Å². The van der Waals surface area contributed by atoms with Crippen molar-refractivity contribution >= 4 is 43.6 Å². The van der Waals surface area contributed by atoms with E-state index in [0.717, 1.165) is 10.0 Å². The first-order valence-electron chi connectivity index (χ1n) is 8.23. The zero-order valence-electron chi connectivity index (χ0n) is 14.1. The summed E-state index contributed by atoms with van der Waals surface area (Å²) >= 11 is 6.63. The quantitative estimate of drug-likeness (QED) is 0.569. The van der Waals surface area contributed by atoms with Crippen molar-refractivity contribution < 1.29 is 14.6 Å². The molecule has 1 saturated heterocycles. The lowest BCUT2D eigenvalue weighted by Crippen LogP contribution is -2.37. The molecule has 1 aromatic carbocycles. The number of nitrogen functional groups attached to an aromatic ring is 1. The van der Waals surface area contributed by atoms with E-state index in [0.29, 0.717) is 4.47 Å². The van der Waals surface area contributed by atoms with Crippen LogP contribution in [0.3, 0.4) is 0 Å². The average Bonchev–Trinajstić information content (AvgIpc) is 2.99. The molecule has 1 amide bonds. The number of benzene rings is 1. The Bertz CT molecular complexity index is 905. The number of nitrogens with one attached hydrogen (secondary N) is 1. The molecular formula is C17H18Br2N4O4. The number of anilines is 1. The molecule has 1 aromatic heterocycles. The van der Waals surface area contributed by atoms with E-state index in [1.54, 1.807) is 0 Å². The molecule has 3 rings (SSSR count). The van der Waals surface area contributed by atoms with Crippen LogP contribution in [-0.2, 0) is 16.0 Å². The number of nitrogens with two attached hydrogens (primary N) is 1. The van der Waals surface area contributed by atoms with Gasteiger partial charge in [-0.2, -0.15) is 4.98 Å². The molecule has 2 heterocycles. The van der Waals surface area contributed by atoms with Gasteiger partial charge in [0.1, 0.15) is 18.1 Å². The molecule has 144 valence electrons. The van der Waals surface area contributed by atoms with Gasteiger partial charge >= 0.3 is 5.69 Å². The van der Waals surface area contributed by atoms with Crippen molar-refractivity contribution in [2.24, 2.45) is 0 Å². The fourth-order valence-corrected chi connectivity index (χ4v) is 3.56. The second-order valence-corrected chi connectivity index (χ2v) is 7.88. The third-order valence-corrected chi connectivity index (χ3v) is 5.64. The minimum absolute atomic E-state index is 0.0886. The maximum atomic E-state index is 12.2. The highest BCUT2D eigenvalue weighted by Crippen LogP contribution is 2.28. The van der Waals surface area contributed by atoms with E-state index in [-0.39, 0.29) is 31.1 Å². The number of aliphatic hydroxyl groups is 1. The highest BCUT2D eigenvalue weighted by atomic mass is 79.9. The zero-order valence-corrected chi connectivity index (χ0v) is 17.3. The molecule has 0 spiro atoms. The molecule has 10 heteroatoms. The molecule has 3 atom stereocenters. The number of carbonyl (C=O) groups is 1. The van der Waals surface area contributed by atoms with Gasteiger partial charge in [0.15, 0.2) is 0 Å². The first kappa shape index (κ1) is 20.0. The van der Waals surface area contributed by atoms with Crippen molar-refractivity contribution in [3.05, 3.63) is 55.5 Å². The minimum Gasteiger partial charge on any atom is -0.390 e. The fourth-order valence-electron chi connectivity index (χ4n) is 2.83. The maximum absolute atomic E-state index is 12.2. The number of amides is 1. The normalized spacial score (nSPS) is 22.0. The van der Waals surface area contributed by atoms with Crippen molar-refractivity contribution in [1.29, 1.82) is 0 Å². The Morgan fingerprint density at radius 3 is 2.85 bits per heavy atom. The highest BCUT2D eigenvalue weighted by Gasteiger charge is 2.35.